The summed E-state index contributed by atoms with van der Waals surface area (Å²) in [7, 11) is 1.50. The zero-order valence-corrected chi connectivity index (χ0v) is 21.2. The quantitative estimate of drug-likeness (QED) is 0.202. The van der Waals surface area contributed by atoms with Gasteiger partial charge in [0.2, 0.25) is 0 Å². The largest absolute Gasteiger partial charge is 0.507 e. The van der Waals surface area contributed by atoms with Crippen molar-refractivity contribution >= 4 is 44.1 Å². The fraction of sp³-hybridized carbons (Fsp3) is 0.179. The predicted molar refractivity (Wildman–Crippen MR) is 141 cm³/mol. The van der Waals surface area contributed by atoms with Gasteiger partial charge in [-0.3, -0.25) is 14.5 Å². The number of carbonyl (C=O) groups is 2. The molecule has 1 aromatic heterocycles. The van der Waals surface area contributed by atoms with Gasteiger partial charge in [-0.2, -0.15) is 0 Å². The third kappa shape index (κ3) is 4.27. The Hall–Kier alpha value is -4.37. The minimum Gasteiger partial charge on any atom is -0.507 e. The van der Waals surface area contributed by atoms with Crippen LogP contribution in [0.2, 0.25) is 0 Å². The molecule has 5 rings (SSSR count). The molecule has 2 N–H and O–H groups in total. The van der Waals surface area contributed by atoms with Gasteiger partial charge in [0.25, 0.3) is 5.78 Å². The molecule has 1 amide bonds. The minimum absolute atomic E-state index is 0.0780. The Morgan fingerprint density at radius 1 is 1.11 bits per heavy atom. The zero-order chi connectivity index (χ0) is 26.3. The van der Waals surface area contributed by atoms with Gasteiger partial charge in [0.15, 0.2) is 16.6 Å². The Morgan fingerprint density at radius 2 is 1.92 bits per heavy atom. The maximum Gasteiger partial charge on any atom is 0.301 e. The molecule has 3 aromatic carbocycles. The highest BCUT2D eigenvalue weighted by Crippen LogP contribution is 2.46. The Labute approximate surface area is 217 Å². The maximum absolute atomic E-state index is 13.5. The van der Waals surface area contributed by atoms with E-state index in [-0.39, 0.29) is 22.8 Å². The van der Waals surface area contributed by atoms with Crippen LogP contribution in [0.4, 0.5) is 5.13 Å². The number of hydrogen-bond donors (Lipinski definition) is 2. The summed E-state index contributed by atoms with van der Waals surface area (Å²) < 4.78 is 11.7. The van der Waals surface area contributed by atoms with Crippen molar-refractivity contribution in [2.24, 2.45) is 0 Å². The number of benzene rings is 3. The number of fused-ring (bicyclic) bond motifs is 1. The summed E-state index contributed by atoms with van der Waals surface area (Å²) >= 11 is 1.28. The van der Waals surface area contributed by atoms with Crippen molar-refractivity contribution in [1.82, 2.24) is 4.98 Å². The number of aliphatic hydroxyl groups excluding tert-OH is 1. The van der Waals surface area contributed by atoms with Gasteiger partial charge in [0, 0.05) is 5.56 Å². The van der Waals surface area contributed by atoms with Crippen LogP contribution in [0, 0.1) is 6.92 Å². The van der Waals surface area contributed by atoms with E-state index in [0.717, 1.165) is 10.3 Å². The lowest BCUT2D eigenvalue weighted by molar-refractivity contribution is -0.132. The van der Waals surface area contributed by atoms with Crippen LogP contribution < -0.4 is 14.4 Å². The Kier molecular flexibility index (Phi) is 6.31. The smallest absolute Gasteiger partial charge is 0.301 e. The van der Waals surface area contributed by atoms with E-state index in [4.69, 9.17) is 9.47 Å². The van der Waals surface area contributed by atoms with Gasteiger partial charge in [0.1, 0.15) is 11.5 Å². The summed E-state index contributed by atoms with van der Waals surface area (Å²) in [6.07, 6.45) is 0. The fourth-order valence-corrected chi connectivity index (χ4v) is 5.46. The average Bonchev–Trinajstić information content (AvgIpc) is 3.42. The number of hydrogen-bond acceptors (Lipinski definition) is 8. The van der Waals surface area contributed by atoms with Gasteiger partial charge in [-0.1, -0.05) is 35.6 Å². The highest BCUT2D eigenvalue weighted by Gasteiger charge is 2.48. The number of thiazole rings is 1. The number of nitrogens with zero attached hydrogens (tertiary/aromatic N) is 2. The van der Waals surface area contributed by atoms with E-state index in [2.05, 4.69) is 4.98 Å². The molecule has 188 valence electrons. The average molecular weight is 517 g/mol. The van der Waals surface area contributed by atoms with Crippen LogP contribution in [0.1, 0.15) is 29.7 Å². The Bertz CT molecular complexity index is 1570. The van der Waals surface area contributed by atoms with Gasteiger partial charge in [0.05, 0.1) is 35.5 Å². The van der Waals surface area contributed by atoms with Crippen LogP contribution >= 0.6 is 11.3 Å². The van der Waals surface area contributed by atoms with Crippen molar-refractivity contribution in [3.8, 4) is 17.2 Å². The SMILES string of the molecule is CCOc1cc([C@H]2/C(=C(\O)c3cccc(OC)c3)C(=O)C(=O)N2c2nc3ccc(C)cc3s2)ccc1O. The summed E-state index contributed by atoms with van der Waals surface area (Å²) in [6, 6.07) is 16.0. The van der Waals surface area contributed by atoms with Crippen LogP contribution in [-0.4, -0.2) is 40.6 Å². The van der Waals surface area contributed by atoms with Gasteiger partial charge in [-0.25, -0.2) is 4.98 Å². The summed E-state index contributed by atoms with van der Waals surface area (Å²) in [5.74, 6) is -1.38. The third-order valence-electron chi connectivity index (χ3n) is 6.13. The molecule has 2 heterocycles. The first-order valence-electron chi connectivity index (χ1n) is 11.6. The Balaban J connectivity index is 1.74. The first-order valence-corrected chi connectivity index (χ1v) is 12.4. The number of ether oxygens (including phenoxy) is 2. The molecule has 0 bridgehead atoms. The van der Waals surface area contributed by atoms with Gasteiger partial charge >= 0.3 is 5.91 Å². The van der Waals surface area contributed by atoms with Crippen molar-refractivity contribution in [1.29, 1.82) is 0 Å². The van der Waals surface area contributed by atoms with Crippen LogP contribution in [0.15, 0.2) is 66.2 Å². The van der Waals surface area contributed by atoms with E-state index < -0.39 is 17.7 Å². The number of aromatic nitrogens is 1. The molecule has 1 aliphatic heterocycles. The van der Waals surface area contributed by atoms with E-state index in [1.807, 2.05) is 25.1 Å². The number of ketones is 1. The first-order chi connectivity index (χ1) is 17.8. The minimum atomic E-state index is -1.01. The number of anilines is 1. The summed E-state index contributed by atoms with van der Waals surface area (Å²) in [5, 5.41) is 21.9. The number of methoxy groups -OCH3 is 1. The summed E-state index contributed by atoms with van der Waals surface area (Å²) in [5.41, 5.74) is 2.44. The van der Waals surface area contributed by atoms with Gasteiger partial charge in [-0.05, 0) is 61.4 Å². The van der Waals surface area contributed by atoms with Gasteiger partial charge in [-0.15, -0.1) is 0 Å². The number of aryl methyl sites for hydroxylation is 1. The molecule has 37 heavy (non-hydrogen) atoms. The second-order valence-electron chi connectivity index (χ2n) is 8.53. The predicted octanol–water partition coefficient (Wildman–Crippen LogP) is 5.34. The second-order valence-corrected chi connectivity index (χ2v) is 9.54. The molecule has 8 nitrogen and oxygen atoms in total. The van der Waals surface area contributed by atoms with Crippen molar-refractivity contribution in [2.45, 2.75) is 19.9 Å². The zero-order valence-electron chi connectivity index (χ0n) is 20.4. The monoisotopic (exact) mass is 516 g/mol. The number of Topliss-reactive ketones (excluding diaryl/α,β-unsaturated/α-hetero) is 1. The lowest BCUT2D eigenvalue weighted by Gasteiger charge is -2.23. The van der Waals surface area contributed by atoms with E-state index in [1.54, 1.807) is 43.3 Å². The van der Waals surface area contributed by atoms with Crippen LogP contribution in [0.5, 0.6) is 17.2 Å². The standard InChI is InChI=1S/C28H24N2O6S/c1-4-36-21-14-16(9-11-20(21)31)24-23(25(32)17-6-5-7-18(13-17)35-3)26(33)27(34)30(24)28-29-19-10-8-15(2)12-22(19)37-28/h5-14,24,31-32H,4H2,1-3H3/b25-23+/t24-/m0/s1. The second kappa shape index (κ2) is 9.59. The molecule has 0 saturated carbocycles. The molecule has 4 aromatic rings. The molecular weight excluding hydrogens is 492 g/mol. The number of carbonyl (C=O) groups excluding carboxylic acids is 2. The summed E-state index contributed by atoms with van der Waals surface area (Å²) in [6.45, 7) is 4.05. The first kappa shape index (κ1) is 24.3. The fourth-order valence-electron chi connectivity index (χ4n) is 4.37. The normalized spacial score (nSPS) is 16.9. The number of aliphatic hydroxyl groups is 1. The van der Waals surface area contributed by atoms with E-state index in [0.29, 0.717) is 34.1 Å². The van der Waals surface area contributed by atoms with Crippen molar-refractivity contribution in [3.05, 3.63) is 82.9 Å². The summed E-state index contributed by atoms with van der Waals surface area (Å²) in [4.78, 5) is 32.9. The van der Waals surface area contributed by atoms with Crippen molar-refractivity contribution in [3.63, 3.8) is 0 Å². The lowest BCUT2D eigenvalue weighted by Crippen LogP contribution is -2.29. The molecule has 9 heteroatoms. The topological polar surface area (TPSA) is 109 Å². The molecule has 0 radical (unpaired) electrons. The molecule has 0 aliphatic carbocycles. The van der Waals surface area contributed by atoms with E-state index in [1.165, 1.54) is 29.4 Å². The molecule has 0 unspecified atom stereocenters. The number of amides is 1. The molecular formula is C28H24N2O6S. The van der Waals surface area contributed by atoms with Crippen LogP contribution in [0.3, 0.4) is 0 Å². The van der Waals surface area contributed by atoms with Crippen molar-refractivity contribution < 1.29 is 29.3 Å². The third-order valence-corrected chi connectivity index (χ3v) is 7.14. The van der Waals surface area contributed by atoms with Gasteiger partial charge < -0.3 is 19.7 Å². The highest BCUT2D eigenvalue weighted by molar-refractivity contribution is 7.22. The van der Waals surface area contributed by atoms with Crippen LogP contribution in [-0.2, 0) is 9.59 Å². The number of aromatic hydroxyl groups is 1. The molecule has 1 saturated heterocycles. The van der Waals surface area contributed by atoms with Crippen LogP contribution in [0.25, 0.3) is 16.0 Å². The highest BCUT2D eigenvalue weighted by atomic mass is 32.1. The molecule has 1 fully saturated rings. The number of phenolic OH excluding ortho intramolecular Hbond substituents is 1. The molecule has 1 atom stereocenters. The number of rotatable bonds is 6. The van der Waals surface area contributed by atoms with E-state index in [9.17, 15) is 19.8 Å². The van der Waals surface area contributed by atoms with Crippen molar-refractivity contribution in [2.75, 3.05) is 18.6 Å². The lowest BCUT2D eigenvalue weighted by atomic mass is 9.95. The molecule has 1 aliphatic rings. The Morgan fingerprint density at radius 3 is 2.68 bits per heavy atom. The number of phenols is 1. The van der Waals surface area contributed by atoms with E-state index >= 15 is 0 Å². The molecule has 0 spiro atoms. The maximum atomic E-state index is 13.5.